The molecule has 0 bridgehead atoms. The van der Waals surface area contributed by atoms with Gasteiger partial charge in [-0.25, -0.2) is 4.98 Å². The summed E-state index contributed by atoms with van der Waals surface area (Å²) in [4.78, 5) is 4.29. The Morgan fingerprint density at radius 2 is 2.36 bits per heavy atom. The van der Waals surface area contributed by atoms with Crippen molar-refractivity contribution in [3.05, 3.63) is 12.4 Å². The Hall–Kier alpha value is -0.990. The Labute approximate surface area is 85.5 Å². The Morgan fingerprint density at radius 3 is 3.00 bits per heavy atom. The zero-order chi connectivity index (χ0) is 9.97. The number of hydrogen-bond acceptors (Lipinski definition) is 2. The van der Waals surface area contributed by atoms with Crippen LogP contribution >= 0.6 is 0 Å². The van der Waals surface area contributed by atoms with Crippen LogP contribution in [0.25, 0.3) is 0 Å². The molecule has 0 amide bonds. The molecule has 2 unspecified atom stereocenters. The maximum absolute atomic E-state index is 4.29. The molecule has 78 valence electrons. The predicted octanol–water partition coefficient (Wildman–Crippen LogP) is 2.41. The summed E-state index contributed by atoms with van der Waals surface area (Å²) < 4.78 is 2.04. The fourth-order valence-corrected chi connectivity index (χ4v) is 2.25. The number of anilines is 1. The molecular weight excluding hydrogens is 174 g/mol. The van der Waals surface area contributed by atoms with Crippen molar-refractivity contribution in [1.82, 2.24) is 9.55 Å². The minimum Gasteiger partial charge on any atom is -0.353 e. The molecule has 1 aliphatic rings. The molecule has 1 saturated carbocycles. The van der Waals surface area contributed by atoms with Crippen LogP contribution in [0.1, 0.15) is 32.6 Å². The summed E-state index contributed by atoms with van der Waals surface area (Å²) in [7, 11) is 2.03. The van der Waals surface area contributed by atoms with Gasteiger partial charge in [0.15, 0.2) is 0 Å². The topological polar surface area (TPSA) is 29.9 Å². The number of aryl methyl sites for hydroxylation is 1. The summed E-state index contributed by atoms with van der Waals surface area (Å²) >= 11 is 0. The molecule has 14 heavy (non-hydrogen) atoms. The van der Waals surface area contributed by atoms with Crippen LogP contribution in [0.15, 0.2) is 12.4 Å². The van der Waals surface area contributed by atoms with E-state index in [0.717, 1.165) is 11.9 Å². The zero-order valence-corrected chi connectivity index (χ0v) is 9.03. The van der Waals surface area contributed by atoms with Gasteiger partial charge in [-0.15, -0.1) is 0 Å². The van der Waals surface area contributed by atoms with Crippen LogP contribution in [-0.2, 0) is 7.05 Å². The molecule has 3 heteroatoms. The first-order chi connectivity index (χ1) is 6.75. The molecule has 0 spiro atoms. The van der Waals surface area contributed by atoms with Crippen molar-refractivity contribution in [2.45, 2.75) is 38.6 Å². The fourth-order valence-electron chi connectivity index (χ4n) is 2.25. The molecule has 3 nitrogen and oxygen atoms in total. The maximum atomic E-state index is 4.29. The third-order valence-electron chi connectivity index (χ3n) is 3.09. The normalized spacial score (nSPS) is 27.6. The average molecular weight is 193 g/mol. The van der Waals surface area contributed by atoms with Gasteiger partial charge in [-0.3, -0.25) is 0 Å². The van der Waals surface area contributed by atoms with Crippen LogP contribution < -0.4 is 5.32 Å². The lowest BCUT2D eigenvalue weighted by molar-refractivity contribution is 0.357. The first-order valence-corrected chi connectivity index (χ1v) is 5.49. The smallest absolute Gasteiger partial charge is 0.202 e. The van der Waals surface area contributed by atoms with Gasteiger partial charge in [-0.05, 0) is 18.8 Å². The van der Waals surface area contributed by atoms with Crippen molar-refractivity contribution >= 4 is 5.95 Å². The van der Waals surface area contributed by atoms with E-state index in [-0.39, 0.29) is 0 Å². The number of hydrogen-bond donors (Lipinski definition) is 1. The second kappa shape index (κ2) is 4.03. The highest BCUT2D eigenvalue weighted by Crippen LogP contribution is 2.25. The number of imidazole rings is 1. The lowest BCUT2D eigenvalue weighted by atomic mass is 9.87. The van der Waals surface area contributed by atoms with Gasteiger partial charge >= 0.3 is 0 Å². The monoisotopic (exact) mass is 193 g/mol. The number of aromatic nitrogens is 2. The van der Waals surface area contributed by atoms with Crippen LogP contribution in [0.4, 0.5) is 5.95 Å². The molecule has 2 rings (SSSR count). The molecule has 1 heterocycles. The van der Waals surface area contributed by atoms with E-state index in [4.69, 9.17) is 0 Å². The van der Waals surface area contributed by atoms with Crippen molar-refractivity contribution in [3.63, 3.8) is 0 Å². The first kappa shape index (κ1) is 9.56. The highest BCUT2D eigenvalue weighted by atomic mass is 15.2. The summed E-state index contributed by atoms with van der Waals surface area (Å²) in [5.74, 6) is 1.87. The molecule has 1 fully saturated rings. The zero-order valence-electron chi connectivity index (χ0n) is 9.03. The number of rotatable bonds is 2. The molecular formula is C11H19N3. The molecule has 0 aromatic carbocycles. The summed E-state index contributed by atoms with van der Waals surface area (Å²) in [6.45, 7) is 2.34. The standard InChI is InChI=1S/C11H19N3/c1-9-4-3-5-10(8-9)13-11-12-6-7-14(11)2/h6-7,9-10H,3-5,8H2,1-2H3,(H,12,13). The van der Waals surface area contributed by atoms with Crippen molar-refractivity contribution in [1.29, 1.82) is 0 Å². The van der Waals surface area contributed by atoms with Crippen LogP contribution in [0.5, 0.6) is 0 Å². The van der Waals surface area contributed by atoms with E-state index in [1.165, 1.54) is 25.7 Å². The second-order valence-corrected chi connectivity index (χ2v) is 4.47. The van der Waals surface area contributed by atoms with Gasteiger partial charge in [0.25, 0.3) is 0 Å². The third kappa shape index (κ3) is 2.08. The van der Waals surface area contributed by atoms with Crippen LogP contribution in [-0.4, -0.2) is 15.6 Å². The molecule has 1 N–H and O–H groups in total. The van der Waals surface area contributed by atoms with Crippen molar-refractivity contribution < 1.29 is 0 Å². The highest BCUT2D eigenvalue weighted by Gasteiger charge is 2.19. The molecule has 1 aromatic heterocycles. The molecule has 0 aliphatic heterocycles. The quantitative estimate of drug-likeness (QED) is 0.781. The van der Waals surface area contributed by atoms with Gasteiger partial charge in [-0.1, -0.05) is 19.8 Å². The Balaban J connectivity index is 1.94. The minimum absolute atomic E-state index is 0.625. The predicted molar refractivity (Wildman–Crippen MR) is 58.3 cm³/mol. The van der Waals surface area contributed by atoms with Gasteiger partial charge in [0.05, 0.1) is 0 Å². The minimum atomic E-state index is 0.625. The van der Waals surface area contributed by atoms with Gasteiger partial charge in [-0.2, -0.15) is 0 Å². The van der Waals surface area contributed by atoms with E-state index in [1.54, 1.807) is 0 Å². The Morgan fingerprint density at radius 1 is 1.50 bits per heavy atom. The van der Waals surface area contributed by atoms with Gasteiger partial charge in [0.2, 0.25) is 5.95 Å². The second-order valence-electron chi connectivity index (χ2n) is 4.47. The van der Waals surface area contributed by atoms with E-state index in [0.29, 0.717) is 6.04 Å². The van der Waals surface area contributed by atoms with Gasteiger partial charge < -0.3 is 9.88 Å². The highest BCUT2D eigenvalue weighted by molar-refractivity contribution is 5.27. The fraction of sp³-hybridized carbons (Fsp3) is 0.727. The van der Waals surface area contributed by atoms with E-state index in [1.807, 2.05) is 24.0 Å². The molecule has 0 radical (unpaired) electrons. The lowest BCUT2D eigenvalue weighted by Crippen LogP contribution is -2.27. The van der Waals surface area contributed by atoms with Gasteiger partial charge in [0, 0.05) is 25.5 Å². The summed E-state index contributed by atoms with van der Waals surface area (Å²) in [6, 6.07) is 0.625. The van der Waals surface area contributed by atoms with Crippen molar-refractivity contribution in [2.75, 3.05) is 5.32 Å². The Kier molecular flexibility index (Phi) is 2.75. The van der Waals surface area contributed by atoms with E-state index in [9.17, 15) is 0 Å². The summed E-state index contributed by atoms with van der Waals surface area (Å²) in [6.07, 6.45) is 9.13. The number of nitrogens with one attached hydrogen (secondary N) is 1. The SMILES string of the molecule is CC1CCCC(Nc2nccn2C)C1. The van der Waals surface area contributed by atoms with Crippen LogP contribution in [0, 0.1) is 5.92 Å². The van der Waals surface area contributed by atoms with Gasteiger partial charge in [0.1, 0.15) is 0 Å². The summed E-state index contributed by atoms with van der Waals surface area (Å²) in [5.41, 5.74) is 0. The number of nitrogens with zero attached hydrogens (tertiary/aromatic N) is 2. The molecule has 1 aliphatic carbocycles. The first-order valence-electron chi connectivity index (χ1n) is 5.49. The largest absolute Gasteiger partial charge is 0.353 e. The van der Waals surface area contributed by atoms with E-state index >= 15 is 0 Å². The van der Waals surface area contributed by atoms with Crippen molar-refractivity contribution in [2.24, 2.45) is 13.0 Å². The molecule has 0 saturated heterocycles. The third-order valence-corrected chi connectivity index (χ3v) is 3.09. The molecule has 2 atom stereocenters. The Bertz CT molecular complexity index is 292. The van der Waals surface area contributed by atoms with Crippen molar-refractivity contribution in [3.8, 4) is 0 Å². The lowest BCUT2D eigenvalue weighted by Gasteiger charge is -2.27. The van der Waals surface area contributed by atoms with Crippen LogP contribution in [0.3, 0.4) is 0 Å². The van der Waals surface area contributed by atoms with E-state index < -0.39 is 0 Å². The maximum Gasteiger partial charge on any atom is 0.202 e. The molecule has 1 aromatic rings. The average Bonchev–Trinajstić information content (AvgIpc) is 2.52. The van der Waals surface area contributed by atoms with Crippen LogP contribution in [0.2, 0.25) is 0 Å². The summed E-state index contributed by atoms with van der Waals surface area (Å²) in [5, 5.41) is 3.51. The van der Waals surface area contributed by atoms with E-state index in [2.05, 4.69) is 17.2 Å².